The number of aromatic amines is 1. The summed E-state index contributed by atoms with van der Waals surface area (Å²) in [5, 5.41) is 25.4. The zero-order chi connectivity index (χ0) is 34.8. The lowest BCUT2D eigenvalue weighted by atomic mass is 9.82. The molecule has 1 spiro atoms. The number of aliphatic hydroxyl groups is 1. The number of fused-ring (bicyclic) bond motifs is 3. The Balaban J connectivity index is 1.24. The van der Waals surface area contributed by atoms with Gasteiger partial charge in [-0.3, -0.25) is 29.6 Å². The molecule has 7 rings (SSSR count). The van der Waals surface area contributed by atoms with Gasteiger partial charge in [-0.15, -0.1) is 0 Å². The van der Waals surface area contributed by atoms with Crippen molar-refractivity contribution in [1.29, 1.82) is 0 Å². The Bertz CT molecular complexity index is 2020. The van der Waals surface area contributed by atoms with Gasteiger partial charge in [-0.05, 0) is 61.8 Å². The van der Waals surface area contributed by atoms with Crippen LogP contribution in [0.15, 0.2) is 71.5 Å². The minimum Gasteiger partial charge on any atom is -0.394 e. The number of rotatable bonds is 8. The number of non-ortho nitro benzene ring substituents is 1. The van der Waals surface area contributed by atoms with Crippen molar-refractivity contribution in [2.45, 2.75) is 69.1 Å². The average Bonchev–Trinajstić information content (AvgIpc) is 3.81. The van der Waals surface area contributed by atoms with Crippen LogP contribution in [0.1, 0.15) is 37.3 Å². The van der Waals surface area contributed by atoms with Gasteiger partial charge in [0.25, 0.3) is 17.2 Å². The van der Waals surface area contributed by atoms with Crippen LogP contribution in [0.4, 0.5) is 15.5 Å². The molecule has 3 aliphatic heterocycles. The number of anilines is 1. The molecule has 0 saturated carbocycles. The first-order valence-corrected chi connectivity index (χ1v) is 19.5. The highest BCUT2D eigenvalue weighted by molar-refractivity contribution is 6.72. The smallest absolute Gasteiger partial charge is 0.279 e. The molecular weight excluding hydrogens is 649 g/mol. The molecule has 3 aliphatic rings. The molecule has 5 atom stereocenters. The first kappa shape index (κ1) is 32.9. The number of nitro groups is 1. The molecule has 49 heavy (non-hydrogen) atoms. The lowest BCUT2D eigenvalue weighted by molar-refractivity contribution is -0.385. The van der Waals surface area contributed by atoms with E-state index < -0.39 is 42.4 Å². The highest BCUT2D eigenvalue weighted by Crippen LogP contribution is 2.60. The van der Waals surface area contributed by atoms with Crippen molar-refractivity contribution in [1.82, 2.24) is 14.7 Å². The molecule has 2 saturated heterocycles. The van der Waals surface area contributed by atoms with E-state index in [0.29, 0.717) is 35.2 Å². The molecule has 14 heteroatoms. The molecule has 0 aliphatic carbocycles. The Morgan fingerprint density at radius 3 is 2.55 bits per heavy atom. The van der Waals surface area contributed by atoms with Crippen LogP contribution < -0.4 is 10.5 Å². The van der Waals surface area contributed by atoms with Crippen LogP contribution in [-0.4, -0.2) is 70.2 Å². The van der Waals surface area contributed by atoms with E-state index in [1.54, 1.807) is 48.2 Å². The Morgan fingerprint density at radius 2 is 1.88 bits per heavy atom. The number of carbonyl (C=O) groups excluding carboxylic acids is 2. The van der Waals surface area contributed by atoms with Crippen molar-refractivity contribution in [3.63, 3.8) is 0 Å². The molecule has 1 aromatic heterocycles. The van der Waals surface area contributed by atoms with E-state index in [9.17, 15) is 29.6 Å². The van der Waals surface area contributed by atoms with Crippen LogP contribution >= 0.6 is 0 Å². The number of halogens is 1. The first-order valence-electron chi connectivity index (χ1n) is 16.5. The maximum Gasteiger partial charge on any atom is 0.279 e. The van der Waals surface area contributed by atoms with Gasteiger partial charge in [0, 0.05) is 35.7 Å². The third-order valence-corrected chi connectivity index (χ3v) is 13.0. The van der Waals surface area contributed by atoms with E-state index in [1.165, 1.54) is 40.9 Å². The predicted molar refractivity (Wildman–Crippen MR) is 183 cm³/mol. The van der Waals surface area contributed by atoms with Crippen LogP contribution in [-0.2, 0) is 26.5 Å². The monoisotopic (exact) mass is 687 g/mol. The van der Waals surface area contributed by atoms with Crippen molar-refractivity contribution < 1.29 is 28.5 Å². The van der Waals surface area contributed by atoms with Gasteiger partial charge in [0.15, 0.2) is 5.60 Å². The Kier molecular flexibility index (Phi) is 8.07. The molecule has 0 unspecified atom stereocenters. The highest BCUT2D eigenvalue weighted by atomic mass is 28.4. The Labute approximate surface area is 282 Å². The molecule has 2 N–H and O–H groups in total. The summed E-state index contributed by atoms with van der Waals surface area (Å²) in [5.41, 5.74) is -0.203. The number of nitrogens with one attached hydrogen (secondary N) is 1. The lowest BCUT2D eigenvalue weighted by Crippen LogP contribution is -2.45. The number of para-hydroxylation sites is 1. The molecule has 2 amide bonds. The summed E-state index contributed by atoms with van der Waals surface area (Å²) in [4.78, 5) is 55.7. The maximum atomic E-state index is 16.3. The van der Waals surface area contributed by atoms with Gasteiger partial charge in [-0.2, -0.15) is 0 Å². The van der Waals surface area contributed by atoms with Gasteiger partial charge in [0.2, 0.25) is 14.3 Å². The number of nitro benzene ring substituents is 1. The van der Waals surface area contributed by atoms with Gasteiger partial charge in [0.05, 0.1) is 58.9 Å². The van der Waals surface area contributed by atoms with E-state index in [2.05, 4.69) is 5.10 Å². The number of aliphatic hydroxyl groups excluding tert-OH is 1. The molecule has 4 heterocycles. The number of likely N-dealkylation sites (tertiary alicyclic amines) is 1. The average molecular weight is 688 g/mol. The number of hydrogen-bond acceptors (Lipinski definition) is 7. The minimum atomic E-state index is -3.59. The summed E-state index contributed by atoms with van der Waals surface area (Å²) >= 11 is 0. The van der Waals surface area contributed by atoms with Gasteiger partial charge in [0.1, 0.15) is 0 Å². The molecule has 3 aromatic carbocycles. The summed E-state index contributed by atoms with van der Waals surface area (Å²) in [7, 11) is -3.59. The fourth-order valence-corrected chi connectivity index (χ4v) is 10.8. The van der Waals surface area contributed by atoms with Gasteiger partial charge in [-0.1, -0.05) is 31.2 Å². The number of nitrogens with zero attached hydrogens (tertiary/aromatic N) is 4. The third kappa shape index (κ3) is 5.29. The molecule has 0 radical (unpaired) electrons. The number of H-pyrrole nitrogens is 1. The van der Waals surface area contributed by atoms with Crippen LogP contribution in [0.5, 0.6) is 0 Å². The van der Waals surface area contributed by atoms with E-state index in [-0.39, 0.29) is 48.3 Å². The summed E-state index contributed by atoms with van der Waals surface area (Å²) in [6.45, 7) is 5.20. The molecular formula is C35H38FN5O7Si. The fraction of sp³-hybridized carbons (Fsp3) is 0.400. The summed E-state index contributed by atoms with van der Waals surface area (Å²) in [6.07, 6.45) is 0.309. The second kappa shape index (κ2) is 12.0. The van der Waals surface area contributed by atoms with Crippen molar-refractivity contribution in [2.24, 2.45) is 5.92 Å². The van der Waals surface area contributed by atoms with E-state index in [4.69, 9.17) is 4.74 Å². The molecule has 12 nitrogen and oxygen atoms in total. The summed E-state index contributed by atoms with van der Waals surface area (Å²) < 4.78 is 24.4. The molecule has 4 aromatic rings. The van der Waals surface area contributed by atoms with Gasteiger partial charge in [-0.25, -0.2) is 4.68 Å². The van der Waals surface area contributed by atoms with Crippen LogP contribution in [0.25, 0.3) is 16.6 Å². The van der Waals surface area contributed by atoms with Crippen LogP contribution in [0.3, 0.4) is 0 Å². The van der Waals surface area contributed by atoms with E-state index >= 15 is 4.11 Å². The summed E-state index contributed by atoms with van der Waals surface area (Å²) in [5.74, 6) is -1.48. The first-order chi connectivity index (χ1) is 23.3. The van der Waals surface area contributed by atoms with Crippen molar-refractivity contribution in [3.8, 4) is 5.69 Å². The van der Waals surface area contributed by atoms with Gasteiger partial charge < -0.3 is 23.8 Å². The molecule has 256 valence electrons. The van der Waals surface area contributed by atoms with Crippen LogP contribution in [0.2, 0.25) is 18.6 Å². The number of hydrogen-bond donors (Lipinski definition) is 2. The lowest BCUT2D eigenvalue weighted by Gasteiger charge is -2.31. The largest absolute Gasteiger partial charge is 0.394 e. The van der Waals surface area contributed by atoms with Crippen molar-refractivity contribution in [2.75, 3.05) is 18.1 Å². The Hall–Kier alpha value is -4.66. The minimum absolute atomic E-state index is 0.0834. The normalized spacial score (nSPS) is 25.1. The molecule has 0 bridgehead atoms. The zero-order valence-corrected chi connectivity index (χ0v) is 28.5. The van der Waals surface area contributed by atoms with E-state index in [1.807, 2.05) is 12.1 Å². The second-order valence-electron chi connectivity index (χ2n) is 13.9. The number of ether oxygens (including phenoxy) is 1. The quantitative estimate of drug-likeness (QED) is 0.116. The van der Waals surface area contributed by atoms with Crippen LogP contribution in [0, 0.1) is 16.0 Å². The standard InChI is InChI=1S/C35H38FN5O7Si/c1-21-32(49(2,3)36)30(18-31(43)38-16-6-7-25(38)20-42)48-35(21)27-17-24(41(46)47)14-15-29(27)39(34(35)45)19-22-10-12-23(13-11-22)40-33(44)26-8-4-5-9-28(26)37-40/h4-5,8-15,17,21,25,30,32,37,42H,6-7,16,18-20H2,1-3H3/t21-,25-,30+,32-,35+/m0/s1. The number of benzene rings is 3. The summed E-state index contributed by atoms with van der Waals surface area (Å²) in [6, 6.07) is 18.2. The SMILES string of the molecule is C[C@H]1[C@H]([Si](C)(C)F)[C@@H](CC(=O)N2CCC[C@H]2CO)O[C@]12C(=O)N(Cc1ccc(-n3[nH]c4ccccc4c3=O)cc1)c1ccc([N+](=O)[O-])cc12. The zero-order valence-electron chi connectivity index (χ0n) is 27.5. The van der Waals surface area contributed by atoms with E-state index in [0.717, 1.165) is 12.0 Å². The van der Waals surface area contributed by atoms with Gasteiger partial charge >= 0.3 is 0 Å². The third-order valence-electron chi connectivity index (χ3n) is 10.6. The van der Waals surface area contributed by atoms with Crippen molar-refractivity contribution >= 4 is 42.5 Å². The second-order valence-corrected chi connectivity index (χ2v) is 17.7. The number of aromatic nitrogens is 2. The number of amides is 2. The predicted octanol–water partition coefficient (Wildman–Crippen LogP) is 4.92. The highest BCUT2D eigenvalue weighted by Gasteiger charge is 2.67. The number of carbonyl (C=O) groups is 2. The maximum absolute atomic E-state index is 16.3. The Morgan fingerprint density at radius 1 is 1.14 bits per heavy atom. The topological polar surface area (TPSA) is 151 Å². The fourth-order valence-electron chi connectivity index (χ4n) is 8.32. The van der Waals surface area contributed by atoms with Crippen molar-refractivity contribution in [3.05, 3.63) is 98.3 Å². The molecule has 2 fully saturated rings.